The van der Waals surface area contributed by atoms with E-state index in [0.29, 0.717) is 19.0 Å². The molecular formula is C21H22F2N4O3S. The van der Waals surface area contributed by atoms with Crippen LogP contribution in [0, 0.1) is 0 Å². The van der Waals surface area contributed by atoms with Crippen molar-refractivity contribution in [1.82, 2.24) is 14.8 Å². The van der Waals surface area contributed by atoms with Crippen molar-refractivity contribution < 1.29 is 23.0 Å². The first-order valence-electron chi connectivity index (χ1n) is 9.74. The van der Waals surface area contributed by atoms with Crippen LogP contribution in [0.4, 0.5) is 14.7 Å². The molecule has 0 saturated carbocycles. The van der Waals surface area contributed by atoms with E-state index >= 15 is 0 Å². The van der Waals surface area contributed by atoms with Gasteiger partial charge in [0.1, 0.15) is 0 Å². The fraction of sp³-hybridized carbons (Fsp3) is 0.333. The van der Waals surface area contributed by atoms with Crippen molar-refractivity contribution in [2.75, 3.05) is 38.3 Å². The van der Waals surface area contributed by atoms with Crippen LogP contribution in [0.25, 0.3) is 5.69 Å². The second-order valence-corrected chi connectivity index (χ2v) is 7.65. The summed E-state index contributed by atoms with van der Waals surface area (Å²) in [5.74, 6) is 1.60. The molecule has 0 atom stereocenters. The third-order valence-electron chi connectivity index (χ3n) is 4.74. The topological polar surface area (TPSA) is 61.6 Å². The van der Waals surface area contributed by atoms with Gasteiger partial charge in [-0.3, -0.25) is 4.57 Å². The molecule has 1 aliphatic heterocycles. The Bertz CT molecular complexity index is 998. The number of nitrogens with zero attached hydrogens (tertiary/aromatic N) is 4. The minimum Gasteiger partial charge on any atom is -0.493 e. The average molecular weight is 448 g/mol. The molecule has 0 radical (unpaired) electrons. The molecule has 10 heteroatoms. The molecule has 2 aromatic carbocycles. The maximum absolute atomic E-state index is 12.6. The molecule has 0 amide bonds. The SMILES string of the molecule is COc1cc(CSc2nnc(N3CCOCC3)n2-c2ccccc2)ccc1OC(F)F. The number of methoxy groups -OCH3 is 1. The highest BCUT2D eigenvalue weighted by Crippen LogP contribution is 2.33. The van der Waals surface area contributed by atoms with Crippen molar-refractivity contribution in [2.45, 2.75) is 17.5 Å². The number of thioether (sulfide) groups is 1. The van der Waals surface area contributed by atoms with E-state index in [1.165, 1.54) is 24.9 Å². The standard InChI is InChI=1S/C21H22F2N4O3S/c1-28-18-13-15(7-8-17(18)30-19(22)23)14-31-21-25-24-20(26-9-11-29-12-10-26)27(21)16-5-3-2-4-6-16/h2-8,13,19H,9-12,14H2,1H3. The Morgan fingerprint density at radius 2 is 1.84 bits per heavy atom. The number of ether oxygens (including phenoxy) is 3. The molecule has 1 aromatic heterocycles. The highest BCUT2D eigenvalue weighted by Gasteiger charge is 2.22. The molecule has 0 bridgehead atoms. The lowest BCUT2D eigenvalue weighted by molar-refractivity contribution is -0.0512. The van der Waals surface area contributed by atoms with Crippen molar-refractivity contribution in [2.24, 2.45) is 0 Å². The van der Waals surface area contributed by atoms with Crippen LogP contribution in [-0.4, -0.2) is 54.8 Å². The Hall–Kier alpha value is -2.85. The fourth-order valence-corrected chi connectivity index (χ4v) is 4.16. The van der Waals surface area contributed by atoms with Gasteiger partial charge in [-0.25, -0.2) is 0 Å². The van der Waals surface area contributed by atoms with Crippen molar-refractivity contribution in [3.05, 3.63) is 54.1 Å². The number of hydrogen-bond donors (Lipinski definition) is 0. The summed E-state index contributed by atoms with van der Waals surface area (Å²) in [6.07, 6.45) is 0. The molecule has 4 rings (SSSR count). The zero-order chi connectivity index (χ0) is 21.6. The average Bonchev–Trinajstić information content (AvgIpc) is 3.23. The van der Waals surface area contributed by atoms with Crippen molar-refractivity contribution in [3.8, 4) is 17.2 Å². The van der Waals surface area contributed by atoms with Crippen LogP contribution in [0.2, 0.25) is 0 Å². The molecule has 1 saturated heterocycles. The van der Waals surface area contributed by atoms with Crippen molar-refractivity contribution >= 4 is 17.7 Å². The first-order valence-corrected chi connectivity index (χ1v) is 10.7. The molecule has 0 N–H and O–H groups in total. The number of para-hydroxylation sites is 1. The van der Waals surface area contributed by atoms with Gasteiger partial charge in [0.2, 0.25) is 5.95 Å². The predicted molar refractivity (Wildman–Crippen MR) is 114 cm³/mol. The van der Waals surface area contributed by atoms with Gasteiger partial charge in [0.15, 0.2) is 16.7 Å². The van der Waals surface area contributed by atoms with E-state index in [0.717, 1.165) is 35.4 Å². The Kier molecular flexibility index (Phi) is 6.88. The van der Waals surface area contributed by atoms with E-state index in [4.69, 9.17) is 9.47 Å². The smallest absolute Gasteiger partial charge is 0.387 e. The quantitative estimate of drug-likeness (QED) is 0.483. The van der Waals surface area contributed by atoms with Gasteiger partial charge >= 0.3 is 6.61 Å². The second-order valence-electron chi connectivity index (χ2n) is 6.71. The molecule has 1 aliphatic rings. The van der Waals surface area contributed by atoms with Crippen LogP contribution in [0.15, 0.2) is 53.7 Å². The molecular weight excluding hydrogens is 426 g/mol. The fourth-order valence-electron chi connectivity index (χ4n) is 3.27. The Balaban J connectivity index is 1.58. The number of anilines is 1. The van der Waals surface area contributed by atoms with Crippen LogP contribution in [0.5, 0.6) is 11.5 Å². The third-order valence-corrected chi connectivity index (χ3v) is 5.74. The zero-order valence-corrected chi connectivity index (χ0v) is 17.7. The second kappa shape index (κ2) is 9.97. The molecule has 164 valence electrons. The number of alkyl halides is 2. The lowest BCUT2D eigenvalue weighted by atomic mass is 10.2. The summed E-state index contributed by atoms with van der Waals surface area (Å²) < 4.78 is 42.3. The summed E-state index contributed by atoms with van der Waals surface area (Å²) in [4.78, 5) is 2.16. The Morgan fingerprint density at radius 3 is 2.55 bits per heavy atom. The first kappa shape index (κ1) is 21.4. The van der Waals surface area contributed by atoms with Gasteiger partial charge in [-0.1, -0.05) is 36.0 Å². The van der Waals surface area contributed by atoms with Crippen LogP contribution in [0.3, 0.4) is 0 Å². The number of morpholine rings is 1. The van der Waals surface area contributed by atoms with Crippen LogP contribution in [-0.2, 0) is 10.5 Å². The Labute approximate surface area is 182 Å². The third kappa shape index (κ3) is 5.08. The predicted octanol–water partition coefficient (Wildman–Crippen LogP) is 4.01. The molecule has 0 spiro atoms. The van der Waals surface area contributed by atoms with Crippen LogP contribution < -0.4 is 14.4 Å². The number of hydrogen-bond acceptors (Lipinski definition) is 7. The Morgan fingerprint density at radius 1 is 1.06 bits per heavy atom. The van der Waals surface area contributed by atoms with E-state index in [9.17, 15) is 8.78 Å². The lowest BCUT2D eigenvalue weighted by Gasteiger charge is -2.27. The molecule has 7 nitrogen and oxygen atoms in total. The van der Waals surface area contributed by atoms with Gasteiger partial charge in [0.25, 0.3) is 0 Å². The van der Waals surface area contributed by atoms with E-state index in [-0.39, 0.29) is 11.5 Å². The van der Waals surface area contributed by atoms with Gasteiger partial charge in [0, 0.05) is 18.8 Å². The van der Waals surface area contributed by atoms with E-state index in [1.807, 2.05) is 34.9 Å². The van der Waals surface area contributed by atoms with Gasteiger partial charge in [-0.15, -0.1) is 10.2 Å². The van der Waals surface area contributed by atoms with Gasteiger partial charge in [0.05, 0.1) is 26.0 Å². The van der Waals surface area contributed by atoms with Crippen molar-refractivity contribution in [1.29, 1.82) is 0 Å². The van der Waals surface area contributed by atoms with E-state index in [2.05, 4.69) is 19.8 Å². The maximum atomic E-state index is 12.6. The minimum atomic E-state index is -2.91. The van der Waals surface area contributed by atoms with E-state index in [1.54, 1.807) is 12.1 Å². The summed E-state index contributed by atoms with van der Waals surface area (Å²) in [7, 11) is 1.42. The number of halogens is 2. The molecule has 0 unspecified atom stereocenters. The summed E-state index contributed by atoms with van der Waals surface area (Å²) in [6, 6.07) is 14.8. The largest absolute Gasteiger partial charge is 0.493 e. The van der Waals surface area contributed by atoms with Gasteiger partial charge in [-0.2, -0.15) is 8.78 Å². The van der Waals surface area contributed by atoms with Crippen LogP contribution >= 0.6 is 11.8 Å². The first-order chi connectivity index (χ1) is 15.2. The molecule has 3 aromatic rings. The molecule has 0 aliphatic carbocycles. The summed E-state index contributed by atoms with van der Waals surface area (Å²) in [6.45, 7) is -0.109. The molecule has 2 heterocycles. The highest BCUT2D eigenvalue weighted by molar-refractivity contribution is 7.98. The van der Waals surface area contributed by atoms with Gasteiger partial charge < -0.3 is 19.1 Å². The summed E-state index contributed by atoms with van der Waals surface area (Å²) in [5.41, 5.74) is 1.86. The molecule has 31 heavy (non-hydrogen) atoms. The normalized spacial score (nSPS) is 14.1. The maximum Gasteiger partial charge on any atom is 0.387 e. The number of aromatic nitrogens is 3. The van der Waals surface area contributed by atoms with Gasteiger partial charge in [-0.05, 0) is 29.8 Å². The summed E-state index contributed by atoms with van der Waals surface area (Å²) >= 11 is 1.51. The number of rotatable bonds is 8. The minimum absolute atomic E-state index is 0.00769. The monoisotopic (exact) mass is 448 g/mol. The molecule has 1 fully saturated rings. The van der Waals surface area contributed by atoms with Crippen molar-refractivity contribution in [3.63, 3.8) is 0 Å². The highest BCUT2D eigenvalue weighted by atomic mass is 32.2. The van der Waals surface area contributed by atoms with Crippen LogP contribution in [0.1, 0.15) is 5.56 Å². The number of benzene rings is 2. The summed E-state index contributed by atoms with van der Waals surface area (Å²) in [5, 5.41) is 9.60. The van der Waals surface area contributed by atoms with E-state index < -0.39 is 6.61 Å². The zero-order valence-electron chi connectivity index (χ0n) is 16.9. The lowest BCUT2D eigenvalue weighted by Crippen LogP contribution is -2.37.